The summed E-state index contributed by atoms with van der Waals surface area (Å²) in [5.74, 6) is 0.643. The summed E-state index contributed by atoms with van der Waals surface area (Å²) in [5, 5.41) is 10.0. The van der Waals surface area contributed by atoms with Gasteiger partial charge < -0.3 is 9.52 Å². The molecule has 1 heterocycles. The van der Waals surface area contributed by atoms with Crippen LogP contribution in [0.1, 0.15) is 89.4 Å². The standard InChI is InChI=1S/C17H28Br2O2/c1-2-3-4-5-6-7-8-9-10-11-12-15(20)16-13-14(18)17(19)21-16/h13,15,20H,2-12H2,1H3. The van der Waals surface area contributed by atoms with Crippen molar-refractivity contribution in [3.63, 3.8) is 0 Å². The Morgan fingerprint density at radius 2 is 1.48 bits per heavy atom. The quantitative estimate of drug-likeness (QED) is 0.362. The third kappa shape index (κ3) is 8.41. The number of rotatable bonds is 12. The Hall–Kier alpha value is 0.200. The smallest absolute Gasteiger partial charge is 0.183 e. The Balaban J connectivity index is 1.96. The Morgan fingerprint density at radius 1 is 0.952 bits per heavy atom. The molecule has 2 nitrogen and oxygen atoms in total. The van der Waals surface area contributed by atoms with E-state index in [0.717, 1.165) is 17.3 Å². The minimum atomic E-state index is -0.485. The van der Waals surface area contributed by atoms with Crippen LogP contribution in [0.25, 0.3) is 0 Å². The zero-order valence-electron chi connectivity index (χ0n) is 13.0. The van der Waals surface area contributed by atoms with Gasteiger partial charge in [-0.3, -0.25) is 0 Å². The third-order valence-electron chi connectivity index (χ3n) is 3.82. The molecule has 122 valence electrons. The van der Waals surface area contributed by atoms with E-state index < -0.39 is 6.10 Å². The molecular weight excluding hydrogens is 396 g/mol. The van der Waals surface area contributed by atoms with E-state index in [4.69, 9.17) is 4.42 Å². The van der Waals surface area contributed by atoms with Gasteiger partial charge in [0, 0.05) is 0 Å². The predicted molar refractivity (Wildman–Crippen MR) is 95.5 cm³/mol. The Bertz CT molecular complexity index is 357. The summed E-state index contributed by atoms with van der Waals surface area (Å²) in [6.45, 7) is 2.26. The van der Waals surface area contributed by atoms with Gasteiger partial charge in [0.2, 0.25) is 0 Å². The Labute approximate surface area is 145 Å². The first kappa shape index (κ1) is 19.2. The van der Waals surface area contributed by atoms with Gasteiger partial charge >= 0.3 is 0 Å². The monoisotopic (exact) mass is 422 g/mol. The minimum Gasteiger partial charge on any atom is -0.450 e. The summed E-state index contributed by atoms with van der Waals surface area (Å²) >= 11 is 6.66. The molecule has 0 amide bonds. The molecule has 0 saturated carbocycles. The van der Waals surface area contributed by atoms with Gasteiger partial charge in [0.1, 0.15) is 11.9 Å². The van der Waals surface area contributed by atoms with Gasteiger partial charge in [-0.25, -0.2) is 0 Å². The molecule has 21 heavy (non-hydrogen) atoms. The number of aliphatic hydroxyl groups excluding tert-OH is 1. The maximum absolute atomic E-state index is 10.0. The van der Waals surface area contributed by atoms with Crippen molar-refractivity contribution in [2.24, 2.45) is 0 Å². The molecule has 0 saturated heterocycles. The lowest BCUT2D eigenvalue weighted by Gasteiger charge is -2.07. The summed E-state index contributed by atoms with van der Waals surface area (Å²) in [7, 11) is 0. The predicted octanol–water partition coefficient (Wildman–Crippen LogP) is 7.15. The zero-order valence-corrected chi connectivity index (χ0v) is 16.2. The van der Waals surface area contributed by atoms with Crippen LogP contribution < -0.4 is 0 Å². The van der Waals surface area contributed by atoms with Crippen LogP contribution in [0, 0.1) is 0 Å². The molecule has 0 aliphatic heterocycles. The van der Waals surface area contributed by atoms with Gasteiger partial charge in [-0.2, -0.15) is 0 Å². The summed E-state index contributed by atoms with van der Waals surface area (Å²) < 4.78 is 6.95. The summed E-state index contributed by atoms with van der Waals surface area (Å²) in [6.07, 6.45) is 13.4. The van der Waals surface area contributed by atoms with E-state index in [2.05, 4.69) is 38.8 Å². The lowest BCUT2D eigenvalue weighted by atomic mass is 10.0. The molecule has 1 aromatic heterocycles. The fourth-order valence-electron chi connectivity index (χ4n) is 2.49. The number of halogens is 2. The highest BCUT2D eigenvalue weighted by atomic mass is 79.9. The van der Waals surface area contributed by atoms with Crippen LogP contribution in [0.3, 0.4) is 0 Å². The van der Waals surface area contributed by atoms with Crippen molar-refractivity contribution >= 4 is 31.9 Å². The van der Waals surface area contributed by atoms with Crippen molar-refractivity contribution in [3.05, 3.63) is 21.0 Å². The zero-order chi connectivity index (χ0) is 15.5. The second-order valence-corrected chi connectivity index (χ2v) is 7.33. The second kappa shape index (κ2) is 11.7. The van der Waals surface area contributed by atoms with Gasteiger partial charge in [-0.1, -0.05) is 71.1 Å². The van der Waals surface area contributed by atoms with Crippen LogP contribution >= 0.6 is 31.9 Å². The van der Waals surface area contributed by atoms with Crippen molar-refractivity contribution < 1.29 is 9.52 Å². The molecule has 0 bridgehead atoms. The maximum atomic E-state index is 10.0. The van der Waals surface area contributed by atoms with Crippen molar-refractivity contribution in [2.45, 2.75) is 83.7 Å². The van der Waals surface area contributed by atoms with E-state index in [1.54, 1.807) is 0 Å². The normalized spacial score (nSPS) is 12.8. The molecule has 0 spiro atoms. The largest absolute Gasteiger partial charge is 0.450 e. The molecule has 0 fully saturated rings. The summed E-state index contributed by atoms with van der Waals surface area (Å²) in [6, 6.07) is 1.84. The van der Waals surface area contributed by atoms with Crippen molar-refractivity contribution in [1.82, 2.24) is 0 Å². The Morgan fingerprint density at radius 3 is 1.95 bits per heavy atom. The molecule has 0 aliphatic rings. The van der Waals surface area contributed by atoms with Gasteiger partial charge in [0.15, 0.2) is 4.67 Å². The van der Waals surface area contributed by atoms with Crippen LogP contribution in [0.2, 0.25) is 0 Å². The topological polar surface area (TPSA) is 33.4 Å². The average molecular weight is 424 g/mol. The second-order valence-electron chi connectivity index (χ2n) is 5.76. The first-order valence-corrected chi connectivity index (χ1v) is 9.86. The lowest BCUT2D eigenvalue weighted by Crippen LogP contribution is -1.95. The van der Waals surface area contributed by atoms with Crippen LogP contribution in [0.5, 0.6) is 0 Å². The van der Waals surface area contributed by atoms with E-state index in [9.17, 15) is 5.11 Å². The number of furan rings is 1. The molecule has 0 aromatic carbocycles. The molecule has 0 aliphatic carbocycles. The molecule has 1 atom stereocenters. The number of unbranched alkanes of at least 4 members (excludes halogenated alkanes) is 9. The van der Waals surface area contributed by atoms with Crippen molar-refractivity contribution in [2.75, 3.05) is 0 Å². The van der Waals surface area contributed by atoms with Crippen LogP contribution in [0.15, 0.2) is 19.6 Å². The van der Waals surface area contributed by atoms with Crippen molar-refractivity contribution in [1.29, 1.82) is 0 Å². The number of aliphatic hydroxyl groups is 1. The lowest BCUT2D eigenvalue weighted by molar-refractivity contribution is 0.135. The summed E-state index contributed by atoms with van der Waals surface area (Å²) in [4.78, 5) is 0. The maximum Gasteiger partial charge on any atom is 0.183 e. The van der Waals surface area contributed by atoms with Gasteiger partial charge in [-0.15, -0.1) is 0 Å². The highest BCUT2D eigenvalue weighted by Gasteiger charge is 2.14. The molecule has 1 rings (SSSR count). The van der Waals surface area contributed by atoms with E-state index in [1.165, 1.54) is 57.8 Å². The molecule has 4 heteroatoms. The third-order valence-corrected chi connectivity index (χ3v) is 5.53. The highest BCUT2D eigenvalue weighted by molar-refractivity contribution is 9.13. The first-order chi connectivity index (χ1) is 10.1. The molecule has 1 aromatic rings. The molecule has 1 unspecified atom stereocenters. The average Bonchev–Trinajstić information content (AvgIpc) is 2.80. The molecule has 0 radical (unpaired) electrons. The van der Waals surface area contributed by atoms with Gasteiger partial charge in [0.25, 0.3) is 0 Å². The van der Waals surface area contributed by atoms with Gasteiger partial charge in [0.05, 0.1) is 4.47 Å². The van der Waals surface area contributed by atoms with E-state index >= 15 is 0 Å². The fraction of sp³-hybridized carbons (Fsp3) is 0.765. The molecular formula is C17H28Br2O2. The van der Waals surface area contributed by atoms with Crippen LogP contribution in [-0.4, -0.2) is 5.11 Å². The fourth-order valence-corrected chi connectivity index (χ4v) is 3.10. The van der Waals surface area contributed by atoms with E-state index in [1.807, 2.05) is 6.07 Å². The van der Waals surface area contributed by atoms with Gasteiger partial charge in [-0.05, 0) is 44.3 Å². The Kier molecular flexibility index (Phi) is 10.7. The van der Waals surface area contributed by atoms with E-state index in [0.29, 0.717) is 10.4 Å². The number of hydrogen-bond acceptors (Lipinski definition) is 2. The first-order valence-electron chi connectivity index (χ1n) is 8.28. The summed E-state index contributed by atoms with van der Waals surface area (Å²) in [5.41, 5.74) is 0. The highest BCUT2D eigenvalue weighted by Crippen LogP contribution is 2.31. The molecule has 1 N–H and O–H groups in total. The SMILES string of the molecule is CCCCCCCCCCCCC(O)c1cc(Br)c(Br)o1. The van der Waals surface area contributed by atoms with Crippen molar-refractivity contribution in [3.8, 4) is 0 Å². The van der Waals surface area contributed by atoms with Crippen LogP contribution in [0.4, 0.5) is 0 Å². The number of hydrogen-bond donors (Lipinski definition) is 1. The van der Waals surface area contributed by atoms with E-state index in [-0.39, 0.29) is 0 Å². The minimum absolute atomic E-state index is 0.485. The van der Waals surface area contributed by atoms with Crippen LogP contribution in [-0.2, 0) is 0 Å².